The van der Waals surface area contributed by atoms with Crippen LogP contribution in [0.1, 0.15) is 88.1 Å². The lowest BCUT2D eigenvalue weighted by molar-refractivity contribution is -0.452. The van der Waals surface area contributed by atoms with E-state index in [1.165, 1.54) is 24.8 Å². The summed E-state index contributed by atoms with van der Waals surface area (Å²) in [7, 11) is 0. The van der Waals surface area contributed by atoms with Gasteiger partial charge in [0.15, 0.2) is 0 Å². The van der Waals surface area contributed by atoms with Gasteiger partial charge in [0, 0.05) is 0 Å². The van der Waals surface area contributed by atoms with Gasteiger partial charge in [-0.25, -0.2) is 14.5 Å². The third-order valence-corrected chi connectivity index (χ3v) is 4.70. The second kappa shape index (κ2) is 14.9. The molecule has 0 heterocycles. The molecule has 6 nitrogen and oxygen atoms in total. The van der Waals surface area contributed by atoms with Crippen molar-refractivity contribution in [1.29, 1.82) is 0 Å². The molecule has 28 heavy (non-hydrogen) atoms. The minimum absolute atomic E-state index is 0.256. The van der Waals surface area contributed by atoms with Crippen LogP contribution in [0.25, 0.3) is 0 Å². The first-order chi connectivity index (χ1) is 13.6. The molecule has 0 aromatic heterocycles. The lowest BCUT2D eigenvalue weighted by atomic mass is 10.0. The van der Waals surface area contributed by atoms with E-state index in [0.717, 1.165) is 38.5 Å². The van der Waals surface area contributed by atoms with Gasteiger partial charge in [-0.1, -0.05) is 71.4 Å². The van der Waals surface area contributed by atoms with Crippen LogP contribution >= 0.6 is 0 Å². The van der Waals surface area contributed by atoms with Gasteiger partial charge in [0.1, 0.15) is 0 Å². The minimum atomic E-state index is -1.02. The molecule has 1 unspecified atom stereocenters. The topological polar surface area (TPSA) is 71.1 Å². The van der Waals surface area contributed by atoms with Crippen LogP contribution in [0.4, 0.5) is 4.79 Å². The Hall–Kier alpha value is -2.08. The Balaban J connectivity index is 2.25. The van der Waals surface area contributed by atoms with E-state index in [2.05, 4.69) is 28.7 Å². The molecule has 0 aliphatic heterocycles. The van der Waals surface area contributed by atoms with Crippen molar-refractivity contribution in [3.05, 3.63) is 35.4 Å². The Kier molecular flexibility index (Phi) is 12.8. The summed E-state index contributed by atoms with van der Waals surface area (Å²) >= 11 is 0. The number of hydrogen-bond acceptors (Lipinski definition) is 6. The first kappa shape index (κ1) is 24.0. The van der Waals surface area contributed by atoms with Crippen LogP contribution < -0.4 is 0 Å². The molecule has 0 bridgehead atoms. The molecule has 0 N–H and O–H groups in total. The lowest BCUT2D eigenvalue weighted by Crippen LogP contribution is -2.16. The van der Waals surface area contributed by atoms with Crippen molar-refractivity contribution in [3.63, 3.8) is 0 Å². The van der Waals surface area contributed by atoms with Crippen LogP contribution in [0.2, 0.25) is 0 Å². The van der Waals surface area contributed by atoms with Crippen LogP contribution in [0, 0.1) is 5.92 Å². The highest BCUT2D eigenvalue weighted by atomic mass is 17.5. The maximum atomic E-state index is 11.9. The number of unbranched alkanes of at least 4 members (excludes halogenated alkanes) is 4. The molecule has 0 aliphatic carbocycles. The Morgan fingerprint density at radius 1 is 0.893 bits per heavy atom. The Bertz CT molecular complexity index is 555. The molecule has 1 rings (SSSR count). The normalized spacial score (nSPS) is 11.7. The Labute approximate surface area is 168 Å². The highest BCUT2D eigenvalue weighted by Crippen LogP contribution is 2.13. The van der Waals surface area contributed by atoms with Crippen LogP contribution in [-0.4, -0.2) is 18.7 Å². The highest BCUT2D eigenvalue weighted by Gasteiger charge is 2.14. The van der Waals surface area contributed by atoms with Gasteiger partial charge in [-0.3, -0.25) is 4.89 Å². The molecule has 1 atom stereocenters. The first-order valence-electron chi connectivity index (χ1n) is 10.4. The second-order valence-electron chi connectivity index (χ2n) is 7.01. The fraction of sp³-hybridized carbons (Fsp3) is 0.636. The molecule has 1 aromatic carbocycles. The summed E-state index contributed by atoms with van der Waals surface area (Å²) in [4.78, 5) is 32.2. The number of carbonyl (C=O) groups excluding carboxylic acids is 2. The molecule has 0 spiro atoms. The van der Waals surface area contributed by atoms with E-state index in [-0.39, 0.29) is 12.5 Å². The number of benzene rings is 1. The quantitative estimate of drug-likeness (QED) is 0.162. The number of carbonyl (C=O) groups is 2. The van der Waals surface area contributed by atoms with Crippen molar-refractivity contribution >= 4 is 12.1 Å². The zero-order valence-corrected chi connectivity index (χ0v) is 17.4. The average Bonchev–Trinajstić information content (AvgIpc) is 2.71. The van der Waals surface area contributed by atoms with Gasteiger partial charge in [0.25, 0.3) is 0 Å². The summed E-state index contributed by atoms with van der Waals surface area (Å²) in [6.07, 6.45) is 8.83. The third-order valence-electron chi connectivity index (χ3n) is 4.70. The van der Waals surface area contributed by atoms with Crippen molar-refractivity contribution < 1.29 is 29.1 Å². The van der Waals surface area contributed by atoms with E-state index in [0.29, 0.717) is 5.56 Å². The maximum Gasteiger partial charge on any atom is 0.543 e. The molecule has 0 saturated carbocycles. The molecular weight excluding hydrogens is 360 g/mol. The number of rotatable bonds is 14. The summed E-state index contributed by atoms with van der Waals surface area (Å²) in [6.45, 7) is 6.60. The molecule has 1 aromatic rings. The monoisotopic (exact) mass is 394 g/mol. The predicted molar refractivity (Wildman–Crippen MR) is 107 cm³/mol. The maximum absolute atomic E-state index is 11.9. The van der Waals surface area contributed by atoms with Crippen LogP contribution in [0.5, 0.6) is 0 Å². The van der Waals surface area contributed by atoms with Gasteiger partial charge in [0.2, 0.25) is 0 Å². The fourth-order valence-corrected chi connectivity index (χ4v) is 2.80. The van der Waals surface area contributed by atoms with Gasteiger partial charge in [-0.05, 0) is 42.9 Å². The standard InChI is InChI=1S/C22H34O6/c1-4-7-9-10-12-19-13-15-20(16-14-19)21(23)26-28-27-22(24)25-17-18(6-3)11-8-5-2/h13-16,18H,4-12,17H2,1-3H3. The van der Waals surface area contributed by atoms with E-state index in [4.69, 9.17) is 4.74 Å². The van der Waals surface area contributed by atoms with Crippen molar-refractivity contribution in [3.8, 4) is 0 Å². The molecule has 158 valence electrons. The zero-order valence-electron chi connectivity index (χ0n) is 17.4. The lowest BCUT2D eigenvalue weighted by Gasteiger charge is -2.13. The Morgan fingerprint density at radius 2 is 1.61 bits per heavy atom. The van der Waals surface area contributed by atoms with E-state index in [1.807, 2.05) is 19.1 Å². The molecule has 6 heteroatoms. The summed E-state index contributed by atoms with van der Waals surface area (Å²) < 4.78 is 4.97. The van der Waals surface area contributed by atoms with Gasteiger partial charge in [-0.15, -0.1) is 0 Å². The molecule has 0 radical (unpaired) electrons. The van der Waals surface area contributed by atoms with E-state index in [1.54, 1.807) is 12.1 Å². The number of hydrogen-bond donors (Lipinski definition) is 0. The Morgan fingerprint density at radius 3 is 2.25 bits per heavy atom. The van der Waals surface area contributed by atoms with E-state index >= 15 is 0 Å². The predicted octanol–water partition coefficient (Wildman–Crippen LogP) is 6.18. The molecule has 0 amide bonds. The fourth-order valence-electron chi connectivity index (χ4n) is 2.80. The first-order valence-corrected chi connectivity index (χ1v) is 10.4. The van der Waals surface area contributed by atoms with E-state index < -0.39 is 12.1 Å². The molecule has 0 aliphatic rings. The average molecular weight is 395 g/mol. The molecule has 0 fully saturated rings. The van der Waals surface area contributed by atoms with Crippen LogP contribution in [0.15, 0.2) is 24.3 Å². The summed E-state index contributed by atoms with van der Waals surface area (Å²) in [6, 6.07) is 7.11. The van der Waals surface area contributed by atoms with Crippen molar-refractivity contribution in [2.24, 2.45) is 5.92 Å². The van der Waals surface area contributed by atoms with Crippen molar-refractivity contribution in [1.82, 2.24) is 0 Å². The summed E-state index contributed by atoms with van der Waals surface area (Å²) in [5.41, 5.74) is 1.49. The smallest absolute Gasteiger partial charge is 0.432 e. The number of ether oxygens (including phenoxy) is 1. The van der Waals surface area contributed by atoms with Gasteiger partial charge in [-0.2, -0.15) is 0 Å². The molecule has 0 saturated heterocycles. The minimum Gasteiger partial charge on any atom is -0.432 e. The van der Waals surface area contributed by atoms with Crippen LogP contribution in [0.3, 0.4) is 0 Å². The number of aryl methyl sites for hydroxylation is 1. The van der Waals surface area contributed by atoms with Gasteiger partial charge >= 0.3 is 12.1 Å². The SMILES string of the molecule is CCCCCCc1ccc(C(=O)OOOC(=O)OCC(CC)CCCC)cc1. The van der Waals surface area contributed by atoms with Crippen molar-refractivity contribution in [2.45, 2.75) is 78.6 Å². The zero-order chi connectivity index (χ0) is 20.6. The van der Waals surface area contributed by atoms with Gasteiger partial charge in [0.05, 0.1) is 17.2 Å². The van der Waals surface area contributed by atoms with Crippen molar-refractivity contribution in [2.75, 3.05) is 6.61 Å². The largest absolute Gasteiger partial charge is 0.543 e. The summed E-state index contributed by atoms with van der Waals surface area (Å²) in [5, 5.41) is 4.26. The highest BCUT2D eigenvalue weighted by molar-refractivity contribution is 5.88. The van der Waals surface area contributed by atoms with Crippen LogP contribution in [-0.2, 0) is 26.0 Å². The van der Waals surface area contributed by atoms with Gasteiger partial charge < -0.3 is 4.74 Å². The van der Waals surface area contributed by atoms with E-state index in [9.17, 15) is 9.59 Å². The summed E-state index contributed by atoms with van der Waals surface area (Å²) in [5.74, 6) is -0.449. The molecular formula is C22H34O6. The second-order valence-corrected chi connectivity index (χ2v) is 7.01. The third kappa shape index (κ3) is 10.3.